The van der Waals surface area contributed by atoms with Gasteiger partial charge in [-0.15, -0.1) is 0 Å². The lowest BCUT2D eigenvalue weighted by Gasteiger charge is -2.11. The molecule has 0 saturated carbocycles. The highest BCUT2D eigenvalue weighted by Crippen LogP contribution is 2.18. The average Bonchev–Trinajstić information content (AvgIpc) is 2.16. The molecule has 1 rings (SSSR count). The molecule has 16 heavy (non-hydrogen) atoms. The molecule has 90 valence electrons. The highest BCUT2D eigenvalue weighted by molar-refractivity contribution is 6.29. The van der Waals surface area contributed by atoms with Crippen LogP contribution >= 0.6 is 11.6 Å². The molecule has 0 fully saturated rings. The summed E-state index contributed by atoms with van der Waals surface area (Å²) in [5.41, 5.74) is 0. The molecular formula is C11H18ClN3O. The van der Waals surface area contributed by atoms with Gasteiger partial charge in [-0.2, -0.15) is 4.98 Å². The number of halogens is 1. The van der Waals surface area contributed by atoms with Gasteiger partial charge in [0.1, 0.15) is 17.6 Å². The Labute approximate surface area is 102 Å². The summed E-state index contributed by atoms with van der Waals surface area (Å²) in [5, 5.41) is 0.429. The number of hydrogen-bond acceptors (Lipinski definition) is 4. The predicted molar refractivity (Wildman–Crippen MR) is 65.2 cm³/mol. The van der Waals surface area contributed by atoms with Gasteiger partial charge in [0.2, 0.25) is 5.88 Å². The normalized spacial score (nSPS) is 11.2. The predicted octanol–water partition coefficient (Wildman–Crippen LogP) is 2.19. The van der Waals surface area contributed by atoms with Crippen molar-refractivity contribution in [3.05, 3.63) is 17.0 Å². The monoisotopic (exact) mass is 243 g/mol. The quantitative estimate of drug-likeness (QED) is 0.744. The van der Waals surface area contributed by atoms with E-state index in [1.165, 1.54) is 0 Å². The molecule has 0 spiro atoms. The van der Waals surface area contributed by atoms with Crippen molar-refractivity contribution >= 4 is 11.6 Å². The van der Waals surface area contributed by atoms with Gasteiger partial charge in [-0.25, -0.2) is 4.98 Å². The largest absolute Gasteiger partial charge is 0.476 e. The molecule has 0 N–H and O–H groups in total. The zero-order valence-electron chi connectivity index (χ0n) is 10.2. The van der Waals surface area contributed by atoms with Crippen molar-refractivity contribution in [3.63, 3.8) is 0 Å². The molecule has 0 radical (unpaired) electrons. The Morgan fingerprint density at radius 1 is 1.38 bits per heavy atom. The van der Waals surface area contributed by atoms with Crippen LogP contribution < -0.4 is 4.74 Å². The Morgan fingerprint density at radius 2 is 2.06 bits per heavy atom. The van der Waals surface area contributed by atoms with Gasteiger partial charge in [0.15, 0.2) is 0 Å². The molecule has 0 aliphatic carbocycles. The Hall–Kier alpha value is -0.870. The van der Waals surface area contributed by atoms with Crippen molar-refractivity contribution in [2.24, 2.45) is 0 Å². The highest BCUT2D eigenvalue weighted by atomic mass is 35.5. The zero-order valence-corrected chi connectivity index (χ0v) is 11.0. The first-order valence-corrected chi connectivity index (χ1v) is 5.69. The van der Waals surface area contributed by atoms with E-state index in [0.717, 1.165) is 6.54 Å². The van der Waals surface area contributed by atoms with Crippen LogP contribution in [0.1, 0.15) is 25.6 Å². The molecule has 0 aliphatic rings. The van der Waals surface area contributed by atoms with Gasteiger partial charge in [-0.1, -0.05) is 25.4 Å². The van der Waals surface area contributed by atoms with Gasteiger partial charge < -0.3 is 9.64 Å². The zero-order chi connectivity index (χ0) is 12.1. The van der Waals surface area contributed by atoms with Gasteiger partial charge in [-0.3, -0.25) is 0 Å². The summed E-state index contributed by atoms with van der Waals surface area (Å²) in [7, 11) is 3.99. The van der Waals surface area contributed by atoms with Gasteiger partial charge >= 0.3 is 0 Å². The first-order chi connectivity index (χ1) is 7.49. The number of ether oxygens (including phenoxy) is 1. The molecule has 0 saturated heterocycles. The van der Waals surface area contributed by atoms with Crippen LogP contribution in [0.4, 0.5) is 0 Å². The number of rotatable bonds is 5. The maximum absolute atomic E-state index is 5.89. The fourth-order valence-electron chi connectivity index (χ4n) is 1.08. The smallest absolute Gasteiger partial charge is 0.218 e. The summed E-state index contributed by atoms with van der Waals surface area (Å²) < 4.78 is 5.51. The summed E-state index contributed by atoms with van der Waals surface area (Å²) in [6, 6.07) is 1.64. The second kappa shape index (κ2) is 6.01. The van der Waals surface area contributed by atoms with Crippen molar-refractivity contribution in [1.29, 1.82) is 0 Å². The van der Waals surface area contributed by atoms with E-state index in [1.54, 1.807) is 6.07 Å². The second-order valence-corrected chi connectivity index (χ2v) is 4.58. The number of hydrogen-bond donors (Lipinski definition) is 0. The average molecular weight is 244 g/mol. The third-order valence-electron chi connectivity index (χ3n) is 1.99. The molecule has 0 bridgehead atoms. The SMILES string of the molecule is CC(C)c1nc(Cl)cc(OCCN(C)C)n1. The highest BCUT2D eigenvalue weighted by Gasteiger charge is 2.07. The Morgan fingerprint density at radius 3 is 2.62 bits per heavy atom. The molecule has 1 aromatic heterocycles. The van der Waals surface area contributed by atoms with Crippen LogP contribution in [0.2, 0.25) is 5.15 Å². The van der Waals surface area contributed by atoms with Crippen molar-refractivity contribution in [1.82, 2.24) is 14.9 Å². The molecule has 5 heteroatoms. The van der Waals surface area contributed by atoms with Crippen LogP contribution in [0.3, 0.4) is 0 Å². The van der Waals surface area contributed by atoms with E-state index >= 15 is 0 Å². The lowest BCUT2D eigenvalue weighted by Crippen LogP contribution is -2.19. The molecule has 0 amide bonds. The summed E-state index contributed by atoms with van der Waals surface area (Å²) >= 11 is 5.89. The fraction of sp³-hybridized carbons (Fsp3) is 0.636. The lowest BCUT2D eigenvalue weighted by molar-refractivity contribution is 0.252. The van der Waals surface area contributed by atoms with E-state index in [4.69, 9.17) is 16.3 Å². The van der Waals surface area contributed by atoms with Crippen LogP contribution in [-0.4, -0.2) is 42.1 Å². The summed E-state index contributed by atoms with van der Waals surface area (Å²) in [5.74, 6) is 1.51. The first kappa shape index (κ1) is 13.2. The standard InChI is InChI=1S/C11H18ClN3O/c1-8(2)11-13-9(12)7-10(14-11)16-6-5-15(3)4/h7-8H,5-6H2,1-4H3. The van der Waals surface area contributed by atoms with E-state index < -0.39 is 0 Å². The van der Waals surface area contributed by atoms with Crippen LogP contribution in [0.25, 0.3) is 0 Å². The maximum Gasteiger partial charge on any atom is 0.218 e. The van der Waals surface area contributed by atoms with E-state index in [1.807, 2.05) is 32.8 Å². The van der Waals surface area contributed by atoms with Crippen molar-refractivity contribution in [2.45, 2.75) is 19.8 Å². The van der Waals surface area contributed by atoms with Crippen LogP contribution in [0.15, 0.2) is 6.07 Å². The van der Waals surface area contributed by atoms with Gasteiger partial charge in [-0.05, 0) is 14.1 Å². The summed E-state index contributed by atoms with van der Waals surface area (Å²) in [6.45, 7) is 5.49. The molecule has 0 atom stereocenters. The van der Waals surface area contributed by atoms with Gasteiger partial charge in [0.05, 0.1) is 0 Å². The first-order valence-electron chi connectivity index (χ1n) is 5.31. The molecule has 1 aromatic rings. The lowest BCUT2D eigenvalue weighted by atomic mass is 10.2. The minimum atomic E-state index is 0.245. The van der Waals surface area contributed by atoms with E-state index in [2.05, 4.69) is 9.97 Å². The van der Waals surface area contributed by atoms with Crippen LogP contribution in [0, 0.1) is 0 Å². The summed E-state index contributed by atoms with van der Waals surface area (Å²) in [4.78, 5) is 10.5. The Bertz CT molecular complexity index is 342. The molecule has 0 unspecified atom stereocenters. The van der Waals surface area contributed by atoms with Gasteiger partial charge in [0.25, 0.3) is 0 Å². The molecule has 0 aromatic carbocycles. The second-order valence-electron chi connectivity index (χ2n) is 4.19. The van der Waals surface area contributed by atoms with E-state index in [-0.39, 0.29) is 5.92 Å². The molecule has 4 nitrogen and oxygen atoms in total. The van der Waals surface area contributed by atoms with Crippen LogP contribution in [0.5, 0.6) is 5.88 Å². The molecular weight excluding hydrogens is 226 g/mol. The minimum Gasteiger partial charge on any atom is -0.476 e. The van der Waals surface area contributed by atoms with E-state index in [9.17, 15) is 0 Å². The topological polar surface area (TPSA) is 38.2 Å². The number of aromatic nitrogens is 2. The number of nitrogens with zero attached hydrogens (tertiary/aromatic N) is 3. The fourth-order valence-corrected chi connectivity index (χ4v) is 1.26. The minimum absolute atomic E-state index is 0.245. The van der Waals surface area contributed by atoms with E-state index in [0.29, 0.717) is 23.5 Å². The molecule has 0 aliphatic heterocycles. The van der Waals surface area contributed by atoms with Crippen molar-refractivity contribution in [2.75, 3.05) is 27.2 Å². The summed E-state index contributed by atoms with van der Waals surface area (Å²) in [6.07, 6.45) is 0. The maximum atomic E-state index is 5.89. The Balaban J connectivity index is 2.65. The van der Waals surface area contributed by atoms with Crippen molar-refractivity contribution in [3.8, 4) is 5.88 Å². The van der Waals surface area contributed by atoms with Crippen molar-refractivity contribution < 1.29 is 4.74 Å². The van der Waals surface area contributed by atoms with Crippen LogP contribution in [-0.2, 0) is 0 Å². The third-order valence-corrected chi connectivity index (χ3v) is 2.19. The number of likely N-dealkylation sites (N-methyl/N-ethyl adjacent to an activating group) is 1. The Kier molecular flexibility index (Phi) is 4.96. The van der Waals surface area contributed by atoms with Gasteiger partial charge in [0, 0.05) is 18.5 Å². The third kappa shape index (κ3) is 4.33. The molecule has 1 heterocycles.